The molecule has 1 aliphatic heterocycles. The SMILES string of the molecule is CC1(CCCC(=O)C=[N+]=[N-])SCCS1. The molecule has 1 saturated heterocycles. The molecule has 0 unspecified atom stereocenters. The topological polar surface area (TPSA) is 53.5 Å². The van der Waals surface area contributed by atoms with Gasteiger partial charge in [-0.3, -0.25) is 4.79 Å². The smallest absolute Gasteiger partial charge is 0.323 e. The van der Waals surface area contributed by atoms with Crippen molar-refractivity contribution in [1.82, 2.24) is 0 Å². The van der Waals surface area contributed by atoms with Gasteiger partial charge in [-0.1, -0.05) is 0 Å². The van der Waals surface area contributed by atoms with Gasteiger partial charge in [-0.25, -0.2) is 0 Å². The number of thioether (sulfide) groups is 2. The van der Waals surface area contributed by atoms with E-state index in [-0.39, 0.29) is 5.78 Å². The van der Waals surface area contributed by atoms with Crippen LogP contribution >= 0.6 is 23.5 Å². The lowest BCUT2D eigenvalue weighted by atomic mass is 10.1. The lowest BCUT2D eigenvalue weighted by Crippen LogP contribution is -2.12. The number of carbonyl (C=O) groups is 1. The molecular formula is C9H14N2OS2. The van der Waals surface area contributed by atoms with Crippen molar-refractivity contribution in [3.63, 3.8) is 0 Å². The van der Waals surface area contributed by atoms with Gasteiger partial charge in [0.2, 0.25) is 5.78 Å². The fourth-order valence-corrected chi connectivity index (χ4v) is 4.35. The minimum atomic E-state index is -0.0934. The van der Waals surface area contributed by atoms with E-state index in [9.17, 15) is 4.79 Å². The molecule has 0 aromatic carbocycles. The maximum Gasteiger partial charge on any atom is 0.323 e. The molecule has 0 spiro atoms. The van der Waals surface area contributed by atoms with Gasteiger partial charge >= 0.3 is 6.21 Å². The first kappa shape index (κ1) is 11.8. The molecule has 3 nitrogen and oxygen atoms in total. The fraction of sp³-hybridized carbons (Fsp3) is 0.778. The van der Waals surface area contributed by atoms with Crippen LogP contribution in [0, 0.1) is 0 Å². The van der Waals surface area contributed by atoms with Crippen molar-refractivity contribution >= 4 is 35.5 Å². The van der Waals surface area contributed by atoms with Gasteiger partial charge in [-0.05, 0) is 19.8 Å². The van der Waals surface area contributed by atoms with Gasteiger partial charge in [0.05, 0.1) is 4.08 Å². The first-order valence-electron chi connectivity index (χ1n) is 4.64. The minimum absolute atomic E-state index is 0.0934. The highest BCUT2D eigenvalue weighted by Gasteiger charge is 2.29. The molecule has 1 rings (SSSR count). The van der Waals surface area contributed by atoms with Gasteiger partial charge in [0.25, 0.3) is 0 Å². The number of Topliss-reactive ketones (excluding diaryl/α,β-unsaturated/α-hetero) is 1. The molecule has 0 N–H and O–H groups in total. The Kier molecular flexibility index (Phi) is 4.72. The van der Waals surface area contributed by atoms with Gasteiger partial charge in [0.15, 0.2) is 0 Å². The van der Waals surface area contributed by atoms with E-state index in [2.05, 4.69) is 11.7 Å². The zero-order chi connectivity index (χ0) is 10.4. The lowest BCUT2D eigenvalue weighted by molar-refractivity contribution is -0.116. The standard InChI is InChI=1S/C9H14N2OS2/c1-9(13-5-6-14-9)4-2-3-8(12)7-11-10/h7H,2-6H2,1H3. The summed E-state index contributed by atoms with van der Waals surface area (Å²) in [6.45, 7) is 2.24. The normalized spacial score (nSPS) is 18.9. The Morgan fingerprint density at radius 1 is 1.57 bits per heavy atom. The zero-order valence-corrected chi connectivity index (χ0v) is 9.87. The van der Waals surface area contributed by atoms with E-state index >= 15 is 0 Å². The van der Waals surface area contributed by atoms with Crippen molar-refractivity contribution in [2.75, 3.05) is 11.5 Å². The van der Waals surface area contributed by atoms with E-state index in [1.807, 2.05) is 23.5 Å². The number of hydrogen-bond donors (Lipinski definition) is 0. The van der Waals surface area contributed by atoms with Gasteiger partial charge in [-0.15, -0.1) is 23.5 Å². The van der Waals surface area contributed by atoms with Crippen molar-refractivity contribution in [3.05, 3.63) is 5.53 Å². The molecule has 5 heteroatoms. The van der Waals surface area contributed by atoms with Crippen LogP contribution in [0.25, 0.3) is 5.53 Å². The Morgan fingerprint density at radius 3 is 2.79 bits per heavy atom. The zero-order valence-electron chi connectivity index (χ0n) is 8.23. The lowest BCUT2D eigenvalue weighted by Gasteiger charge is -2.20. The summed E-state index contributed by atoms with van der Waals surface area (Å²) >= 11 is 3.96. The highest BCUT2D eigenvalue weighted by atomic mass is 32.2. The number of carbonyl (C=O) groups excluding carboxylic acids is 1. The van der Waals surface area contributed by atoms with Gasteiger partial charge in [-0.2, -0.15) is 4.79 Å². The van der Waals surface area contributed by atoms with Crippen molar-refractivity contribution in [1.29, 1.82) is 0 Å². The van der Waals surface area contributed by atoms with Crippen LogP contribution in [0.15, 0.2) is 0 Å². The van der Waals surface area contributed by atoms with Crippen molar-refractivity contribution in [2.45, 2.75) is 30.3 Å². The molecule has 1 heterocycles. The second-order valence-electron chi connectivity index (χ2n) is 3.40. The summed E-state index contributed by atoms with van der Waals surface area (Å²) in [6.07, 6.45) is 3.40. The van der Waals surface area contributed by atoms with Crippen LogP contribution < -0.4 is 0 Å². The third-order valence-electron chi connectivity index (χ3n) is 2.15. The number of ketones is 1. The second-order valence-corrected chi connectivity index (χ2v) is 6.85. The molecular weight excluding hydrogens is 216 g/mol. The van der Waals surface area contributed by atoms with Crippen LogP contribution in [0.5, 0.6) is 0 Å². The maximum atomic E-state index is 11.0. The van der Waals surface area contributed by atoms with Crippen molar-refractivity contribution in [2.24, 2.45) is 0 Å². The van der Waals surface area contributed by atoms with Crippen LogP contribution in [0.2, 0.25) is 0 Å². The maximum absolute atomic E-state index is 11.0. The monoisotopic (exact) mass is 230 g/mol. The Bertz CT molecular complexity index is 256. The van der Waals surface area contributed by atoms with Crippen LogP contribution in [0.4, 0.5) is 0 Å². The van der Waals surface area contributed by atoms with E-state index in [4.69, 9.17) is 5.53 Å². The van der Waals surface area contributed by atoms with Crippen LogP contribution in [0.3, 0.4) is 0 Å². The van der Waals surface area contributed by atoms with E-state index < -0.39 is 0 Å². The van der Waals surface area contributed by atoms with Crippen LogP contribution in [-0.4, -0.2) is 32.4 Å². The first-order valence-corrected chi connectivity index (χ1v) is 6.61. The van der Waals surface area contributed by atoms with Gasteiger partial charge in [0, 0.05) is 17.9 Å². The summed E-state index contributed by atoms with van der Waals surface area (Å²) in [7, 11) is 0. The Balaban J connectivity index is 2.20. The third kappa shape index (κ3) is 3.86. The largest absolute Gasteiger partial charge is 0.361 e. The van der Waals surface area contributed by atoms with Crippen molar-refractivity contribution < 1.29 is 9.58 Å². The fourth-order valence-electron chi connectivity index (χ4n) is 1.41. The highest BCUT2D eigenvalue weighted by molar-refractivity contribution is 8.21. The quantitative estimate of drug-likeness (QED) is 0.413. The summed E-state index contributed by atoms with van der Waals surface area (Å²) in [5.41, 5.74) is 8.14. The molecule has 14 heavy (non-hydrogen) atoms. The average molecular weight is 230 g/mol. The molecule has 0 aliphatic carbocycles. The summed E-state index contributed by atoms with van der Waals surface area (Å²) in [5.74, 6) is 2.34. The number of nitrogens with zero attached hydrogens (tertiary/aromatic N) is 2. The molecule has 0 aromatic heterocycles. The molecule has 0 aromatic rings. The molecule has 78 valence electrons. The molecule has 1 aliphatic rings. The van der Waals surface area contributed by atoms with E-state index in [1.54, 1.807) is 0 Å². The van der Waals surface area contributed by atoms with Gasteiger partial charge < -0.3 is 5.53 Å². The molecule has 0 radical (unpaired) electrons. The Labute approximate surface area is 92.6 Å². The second kappa shape index (κ2) is 5.59. The number of hydrogen-bond acceptors (Lipinski definition) is 3. The first-order chi connectivity index (χ1) is 6.66. The van der Waals surface area contributed by atoms with E-state index in [0.29, 0.717) is 10.5 Å². The summed E-state index contributed by atoms with van der Waals surface area (Å²) in [6, 6.07) is 0. The van der Waals surface area contributed by atoms with Crippen LogP contribution in [-0.2, 0) is 4.79 Å². The van der Waals surface area contributed by atoms with E-state index in [1.165, 1.54) is 11.5 Å². The summed E-state index contributed by atoms with van der Waals surface area (Å²) in [5, 5.41) is 0. The molecule has 0 amide bonds. The Morgan fingerprint density at radius 2 is 2.21 bits per heavy atom. The molecule has 0 atom stereocenters. The summed E-state index contributed by atoms with van der Waals surface area (Å²) < 4.78 is 0.302. The highest BCUT2D eigenvalue weighted by Crippen LogP contribution is 2.46. The molecule has 1 fully saturated rings. The predicted molar refractivity (Wildman–Crippen MR) is 61.9 cm³/mol. The van der Waals surface area contributed by atoms with E-state index in [0.717, 1.165) is 19.1 Å². The Hall–Kier alpha value is -0.250. The minimum Gasteiger partial charge on any atom is -0.361 e. The molecule has 0 bridgehead atoms. The third-order valence-corrected chi connectivity index (χ3v) is 5.57. The predicted octanol–water partition coefficient (Wildman–Crippen LogP) is 2.22. The molecule has 0 saturated carbocycles. The average Bonchev–Trinajstić information content (AvgIpc) is 2.53. The van der Waals surface area contributed by atoms with Crippen molar-refractivity contribution in [3.8, 4) is 0 Å². The van der Waals surface area contributed by atoms with Crippen LogP contribution in [0.1, 0.15) is 26.2 Å². The number of rotatable bonds is 5. The summed E-state index contributed by atoms with van der Waals surface area (Å²) in [4.78, 5) is 13.7. The van der Waals surface area contributed by atoms with Gasteiger partial charge in [0.1, 0.15) is 0 Å².